The average Bonchev–Trinajstić information content (AvgIpc) is 2.77. The lowest BCUT2D eigenvalue weighted by molar-refractivity contribution is 0.0979. The molecule has 0 radical (unpaired) electrons. The van der Waals surface area contributed by atoms with Gasteiger partial charge in [0.05, 0.1) is 16.8 Å². The number of aryl methyl sites for hydroxylation is 1. The SMILES string of the molecule is Cc1ncnc2c1c(NCc1cccc(CN(C)C)c1)cc(=O)n2OCc1ccccc1. The molecular weight excluding hydrogens is 402 g/mol. The van der Waals surface area contributed by atoms with E-state index in [1.807, 2.05) is 37.3 Å². The molecule has 7 heteroatoms. The van der Waals surface area contributed by atoms with Crippen LogP contribution in [0, 0.1) is 6.92 Å². The fourth-order valence-electron chi connectivity index (χ4n) is 3.67. The van der Waals surface area contributed by atoms with Gasteiger partial charge in [0.1, 0.15) is 12.9 Å². The van der Waals surface area contributed by atoms with Crippen molar-refractivity contribution in [3.63, 3.8) is 0 Å². The Morgan fingerprint density at radius 2 is 1.72 bits per heavy atom. The first kappa shape index (κ1) is 21.5. The van der Waals surface area contributed by atoms with Gasteiger partial charge in [-0.1, -0.05) is 54.6 Å². The van der Waals surface area contributed by atoms with Crippen LogP contribution < -0.4 is 15.7 Å². The molecule has 0 fully saturated rings. The van der Waals surface area contributed by atoms with Gasteiger partial charge in [-0.3, -0.25) is 4.79 Å². The molecule has 2 heterocycles. The second kappa shape index (κ2) is 9.62. The van der Waals surface area contributed by atoms with E-state index in [2.05, 4.69) is 58.5 Å². The molecule has 0 saturated carbocycles. The van der Waals surface area contributed by atoms with E-state index < -0.39 is 0 Å². The molecule has 0 atom stereocenters. The van der Waals surface area contributed by atoms with Gasteiger partial charge >= 0.3 is 0 Å². The molecule has 4 rings (SSSR count). The maximum Gasteiger partial charge on any atom is 0.287 e. The van der Waals surface area contributed by atoms with E-state index in [1.54, 1.807) is 6.07 Å². The molecular formula is C25H27N5O2. The molecule has 164 valence electrons. The van der Waals surface area contributed by atoms with Crippen LogP contribution in [0.25, 0.3) is 11.0 Å². The Kier molecular flexibility index (Phi) is 6.47. The molecule has 7 nitrogen and oxygen atoms in total. The molecule has 2 aromatic carbocycles. The number of anilines is 1. The topological polar surface area (TPSA) is 72.3 Å². The van der Waals surface area contributed by atoms with Crippen molar-refractivity contribution in [1.82, 2.24) is 19.6 Å². The van der Waals surface area contributed by atoms with Crippen LogP contribution in [0.1, 0.15) is 22.4 Å². The fourth-order valence-corrected chi connectivity index (χ4v) is 3.67. The Morgan fingerprint density at radius 1 is 0.969 bits per heavy atom. The number of rotatable bonds is 8. The van der Waals surface area contributed by atoms with Gasteiger partial charge in [0.2, 0.25) is 0 Å². The summed E-state index contributed by atoms with van der Waals surface area (Å²) in [7, 11) is 4.10. The van der Waals surface area contributed by atoms with Gasteiger partial charge in [-0.2, -0.15) is 0 Å². The summed E-state index contributed by atoms with van der Waals surface area (Å²) >= 11 is 0. The quantitative estimate of drug-likeness (QED) is 0.463. The van der Waals surface area contributed by atoms with Crippen molar-refractivity contribution in [3.8, 4) is 0 Å². The van der Waals surface area contributed by atoms with Crippen LogP contribution >= 0.6 is 0 Å². The monoisotopic (exact) mass is 429 g/mol. The third kappa shape index (κ3) is 4.95. The standard InChI is InChI=1S/C25H27N5O2/c1-18-24-22(26-14-20-10-7-11-21(12-20)15-29(2)3)13-23(31)30(25(24)28-17-27-18)32-16-19-8-5-4-6-9-19/h4-13,17,26H,14-16H2,1-3H3. The van der Waals surface area contributed by atoms with Crippen LogP contribution in [-0.4, -0.2) is 33.7 Å². The van der Waals surface area contributed by atoms with Gasteiger partial charge in [-0.25, -0.2) is 9.97 Å². The lowest BCUT2D eigenvalue weighted by atomic mass is 10.1. The average molecular weight is 430 g/mol. The van der Waals surface area contributed by atoms with Gasteiger partial charge in [-0.05, 0) is 37.7 Å². The number of fused-ring (bicyclic) bond motifs is 1. The maximum atomic E-state index is 12.9. The van der Waals surface area contributed by atoms with Gasteiger partial charge < -0.3 is 15.1 Å². The number of hydrogen-bond donors (Lipinski definition) is 1. The normalized spacial score (nSPS) is 11.1. The summed E-state index contributed by atoms with van der Waals surface area (Å²) in [5.41, 5.74) is 4.98. The van der Waals surface area contributed by atoms with Crippen LogP contribution in [0.3, 0.4) is 0 Å². The summed E-state index contributed by atoms with van der Waals surface area (Å²) in [5.74, 6) is 0. The Morgan fingerprint density at radius 3 is 2.50 bits per heavy atom. The number of benzene rings is 2. The highest BCUT2D eigenvalue weighted by Crippen LogP contribution is 2.23. The molecule has 0 aliphatic heterocycles. The van der Waals surface area contributed by atoms with Crippen molar-refractivity contribution in [2.24, 2.45) is 0 Å². The van der Waals surface area contributed by atoms with Crippen molar-refractivity contribution in [1.29, 1.82) is 0 Å². The van der Waals surface area contributed by atoms with E-state index in [0.29, 0.717) is 17.9 Å². The lowest BCUT2D eigenvalue weighted by Crippen LogP contribution is -2.28. The van der Waals surface area contributed by atoms with E-state index in [1.165, 1.54) is 16.6 Å². The second-order valence-electron chi connectivity index (χ2n) is 8.02. The first-order chi connectivity index (χ1) is 15.5. The molecule has 32 heavy (non-hydrogen) atoms. The Hall–Kier alpha value is -3.71. The molecule has 0 saturated heterocycles. The van der Waals surface area contributed by atoms with Crippen LogP contribution in [0.5, 0.6) is 0 Å². The third-order valence-electron chi connectivity index (χ3n) is 5.12. The number of pyridine rings is 1. The number of aromatic nitrogens is 3. The third-order valence-corrected chi connectivity index (χ3v) is 5.12. The highest BCUT2D eigenvalue weighted by molar-refractivity contribution is 5.90. The smallest absolute Gasteiger partial charge is 0.287 e. The van der Waals surface area contributed by atoms with Gasteiger partial charge in [0, 0.05) is 19.2 Å². The molecule has 0 spiro atoms. The molecule has 0 bridgehead atoms. The first-order valence-electron chi connectivity index (χ1n) is 10.5. The maximum absolute atomic E-state index is 12.9. The Balaban J connectivity index is 1.62. The molecule has 0 aliphatic carbocycles. The Labute approximate surface area is 187 Å². The minimum Gasteiger partial charge on any atom is -0.404 e. The molecule has 1 N–H and O–H groups in total. The zero-order valence-electron chi connectivity index (χ0n) is 18.6. The van der Waals surface area contributed by atoms with Gasteiger partial charge in [-0.15, -0.1) is 4.73 Å². The van der Waals surface area contributed by atoms with Crippen LogP contribution in [0.2, 0.25) is 0 Å². The molecule has 0 unspecified atom stereocenters. The minimum atomic E-state index is -0.282. The van der Waals surface area contributed by atoms with Crippen molar-refractivity contribution in [2.45, 2.75) is 26.6 Å². The number of nitrogens with one attached hydrogen (secondary N) is 1. The van der Waals surface area contributed by atoms with Gasteiger partial charge in [0.15, 0.2) is 5.65 Å². The van der Waals surface area contributed by atoms with E-state index in [4.69, 9.17) is 4.84 Å². The zero-order valence-corrected chi connectivity index (χ0v) is 18.6. The number of hydrogen-bond acceptors (Lipinski definition) is 6. The molecule has 0 amide bonds. The lowest BCUT2D eigenvalue weighted by Gasteiger charge is -2.16. The van der Waals surface area contributed by atoms with E-state index >= 15 is 0 Å². The highest BCUT2D eigenvalue weighted by atomic mass is 16.7. The predicted octanol–water partition coefficient (Wildman–Crippen LogP) is 3.40. The summed E-state index contributed by atoms with van der Waals surface area (Å²) in [6, 6.07) is 19.7. The summed E-state index contributed by atoms with van der Waals surface area (Å²) in [6.07, 6.45) is 1.45. The van der Waals surface area contributed by atoms with E-state index in [-0.39, 0.29) is 12.2 Å². The minimum absolute atomic E-state index is 0.268. The van der Waals surface area contributed by atoms with Crippen LogP contribution in [0.4, 0.5) is 5.69 Å². The summed E-state index contributed by atoms with van der Waals surface area (Å²) in [5, 5.41) is 4.17. The van der Waals surface area contributed by atoms with E-state index in [9.17, 15) is 4.79 Å². The van der Waals surface area contributed by atoms with Crippen LogP contribution in [0.15, 0.2) is 71.8 Å². The Bertz CT molecular complexity index is 1270. The molecule has 2 aromatic heterocycles. The fraction of sp³-hybridized carbons (Fsp3) is 0.240. The molecule has 0 aliphatic rings. The van der Waals surface area contributed by atoms with Gasteiger partial charge in [0.25, 0.3) is 5.56 Å². The van der Waals surface area contributed by atoms with Crippen molar-refractivity contribution >= 4 is 16.7 Å². The molecule has 4 aromatic rings. The first-order valence-corrected chi connectivity index (χ1v) is 10.5. The predicted molar refractivity (Wildman–Crippen MR) is 126 cm³/mol. The highest BCUT2D eigenvalue weighted by Gasteiger charge is 2.14. The van der Waals surface area contributed by atoms with Crippen LogP contribution in [-0.2, 0) is 19.7 Å². The zero-order chi connectivity index (χ0) is 22.5. The van der Waals surface area contributed by atoms with Crippen molar-refractivity contribution < 1.29 is 4.84 Å². The number of nitrogens with zero attached hydrogens (tertiary/aromatic N) is 4. The van der Waals surface area contributed by atoms with E-state index in [0.717, 1.165) is 28.8 Å². The summed E-state index contributed by atoms with van der Waals surface area (Å²) in [4.78, 5) is 29.6. The van der Waals surface area contributed by atoms with Crippen molar-refractivity contribution in [3.05, 3.63) is 99.7 Å². The largest absolute Gasteiger partial charge is 0.404 e. The summed E-state index contributed by atoms with van der Waals surface area (Å²) < 4.78 is 1.25. The summed E-state index contributed by atoms with van der Waals surface area (Å²) in [6.45, 7) is 3.63. The second-order valence-corrected chi connectivity index (χ2v) is 8.02. The van der Waals surface area contributed by atoms with Crippen molar-refractivity contribution in [2.75, 3.05) is 19.4 Å².